The molecule has 0 bridgehead atoms. The van der Waals surface area contributed by atoms with Crippen molar-refractivity contribution in [2.75, 3.05) is 7.11 Å². The molecule has 0 heterocycles. The van der Waals surface area contributed by atoms with Crippen LogP contribution < -0.4 is 4.74 Å². The summed E-state index contributed by atoms with van der Waals surface area (Å²) in [5.41, 5.74) is 1.00. The summed E-state index contributed by atoms with van der Waals surface area (Å²) in [5, 5.41) is 0. The van der Waals surface area contributed by atoms with Crippen molar-refractivity contribution < 1.29 is 9.53 Å². The minimum atomic E-state index is 0.322. The second-order valence-corrected chi connectivity index (χ2v) is 5.40. The lowest BCUT2D eigenvalue weighted by atomic mass is 10.0. The van der Waals surface area contributed by atoms with Gasteiger partial charge in [-0.05, 0) is 12.5 Å². The zero-order valence-electron chi connectivity index (χ0n) is 13.0. The van der Waals surface area contributed by atoms with Gasteiger partial charge in [0, 0.05) is 18.4 Å². The monoisotopic (exact) mass is 276 g/mol. The van der Waals surface area contributed by atoms with Gasteiger partial charge in [-0.25, -0.2) is 0 Å². The molecule has 0 spiro atoms. The van der Waals surface area contributed by atoms with Gasteiger partial charge in [-0.1, -0.05) is 63.6 Å². The maximum atomic E-state index is 12.0. The summed E-state index contributed by atoms with van der Waals surface area (Å²) in [7, 11) is 1.65. The summed E-state index contributed by atoms with van der Waals surface area (Å²) in [4.78, 5) is 12.0. The third-order valence-electron chi connectivity index (χ3n) is 3.64. The molecule has 0 unspecified atom stereocenters. The average molecular weight is 276 g/mol. The van der Waals surface area contributed by atoms with E-state index in [9.17, 15) is 4.79 Å². The molecule has 2 heteroatoms. The van der Waals surface area contributed by atoms with Gasteiger partial charge in [-0.2, -0.15) is 0 Å². The van der Waals surface area contributed by atoms with Crippen LogP contribution in [-0.2, 0) is 11.2 Å². The molecule has 0 aliphatic rings. The third kappa shape index (κ3) is 6.74. The zero-order valence-corrected chi connectivity index (χ0v) is 13.0. The Balaban J connectivity index is 2.17. The summed E-state index contributed by atoms with van der Waals surface area (Å²) >= 11 is 0. The molecule has 0 fully saturated rings. The molecule has 0 aromatic heterocycles. The largest absolute Gasteiger partial charge is 0.496 e. The van der Waals surface area contributed by atoms with Crippen LogP contribution in [0.1, 0.15) is 63.9 Å². The molecule has 0 saturated heterocycles. The fraction of sp³-hybridized carbons (Fsp3) is 0.611. The number of methoxy groups -OCH3 is 1. The van der Waals surface area contributed by atoms with E-state index in [1.54, 1.807) is 7.11 Å². The number of unbranched alkanes of at least 4 members (excludes halogenated alkanes) is 6. The smallest absolute Gasteiger partial charge is 0.137 e. The van der Waals surface area contributed by atoms with Gasteiger partial charge in [0.1, 0.15) is 11.5 Å². The SMILES string of the molecule is CCCCCCCCCC(=O)Cc1ccccc1OC. The van der Waals surface area contributed by atoms with Gasteiger partial charge in [-0.15, -0.1) is 0 Å². The minimum absolute atomic E-state index is 0.322. The average Bonchev–Trinajstić information content (AvgIpc) is 2.47. The number of ether oxygens (including phenoxy) is 1. The molecule has 1 rings (SSSR count). The Bertz CT molecular complexity index is 385. The molecule has 0 atom stereocenters. The molecule has 0 aliphatic carbocycles. The van der Waals surface area contributed by atoms with Crippen LogP contribution in [0.25, 0.3) is 0 Å². The maximum Gasteiger partial charge on any atom is 0.137 e. The van der Waals surface area contributed by atoms with Crippen LogP contribution in [0.5, 0.6) is 5.75 Å². The normalized spacial score (nSPS) is 10.5. The number of Topliss-reactive ketones (excluding diaryl/α,β-unsaturated/α-hetero) is 1. The fourth-order valence-electron chi connectivity index (χ4n) is 2.43. The summed E-state index contributed by atoms with van der Waals surface area (Å²) in [6.07, 6.45) is 9.96. The molecule has 0 radical (unpaired) electrons. The van der Waals surface area contributed by atoms with Crippen LogP contribution in [0, 0.1) is 0 Å². The summed E-state index contributed by atoms with van der Waals surface area (Å²) in [5.74, 6) is 1.14. The topological polar surface area (TPSA) is 26.3 Å². The third-order valence-corrected chi connectivity index (χ3v) is 3.64. The van der Waals surface area contributed by atoms with Crippen molar-refractivity contribution in [2.45, 2.75) is 64.7 Å². The lowest BCUT2D eigenvalue weighted by Crippen LogP contribution is -2.04. The first-order valence-corrected chi connectivity index (χ1v) is 7.91. The predicted molar refractivity (Wildman–Crippen MR) is 84.3 cm³/mol. The van der Waals surface area contributed by atoms with Crippen LogP contribution >= 0.6 is 0 Å². The number of rotatable bonds is 11. The Morgan fingerprint density at radius 3 is 2.35 bits per heavy atom. The van der Waals surface area contributed by atoms with E-state index in [-0.39, 0.29) is 0 Å². The number of benzene rings is 1. The standard InChI is InChI=1S/C18H28O2/c1-3-4-5-6-7-8-9-13-17(19)15-16-12-10-11-14-18(16)20-2/h10-12,14H,3-9,13,15H2,1-2H3. The van der Waals surface area contributed by atoms with Crippen LogP contribution in [0.3, 0.4) is 0 Å². The molecule has 0 amide bonds. The van der Waals surface area contributed by atoms with Crippen molar-refractivity contribution in [3.63, 3.8) is 0 Å². The second kappa shape index (κ2) is 10.5. The number of hydrogen-bond donors (Lipinski definition) is 0. The predicted octanol–water partition coefficient (Wildman–Crippen LogP) is 4.95. The molecule has 0 N–H and O–H groups in total. The molecule has 1 aromatic carbocycles. The highest BCUT2D eigenvalue weighted by Crippen LogP contribution is 2.19. The van der Waals surface area contributed by atoms with E-state index in [4.69, 9.17) is 4.74 Å². The highest BCUT2D eigenvalue weighted by Gasteiger charge is 2.07. The summed E-state index contributed by atoms with van der Waals surface area (Å²) in [6.45, 7) is 2.23. The second-order valence-electron chi connectivity index (χ2n) is 5.40. The van der Waals surface area contributed by atoms with Crippen LogP contribution in [0.4, 0.5) is 0 Å². The summed E-state index contributed by atoms with van der Waals surface area (Å²) in [6, 6.07) is 7.78. The summed E-state index contributed by atoms with van der Waals surface area (Å²) < 4.78 is 5.27. The first-order valence-electron chi connectivity index (χ1n) is 7.91. The van der Waals surface area contributed by atoms with Crippen molar-refractivity contribution in [1.29, 1.82) is 0 Å². The van der Waals surface area contributed by atoms with Crippen molar-refractivity contribution >= 4 is 5.78 Å². The van der Waals surface area contributed by atoms with E-state index in [1.807, 2.05) is 24.3 Å². The van der Waals surface area contributed by atoms with Crippen LogP contribution in [0.15, 0.2) is 24.3 Å². The van der Waals surface area contributed by atoms with E-state index in [1.165, 1.54) is 38.5 Å². The lowest BCUT2D eigenvalue weighted by molar-refractivity contribution is -0.118. The van der Waals surface area contributed by atoms with Gasteiger partial charge < -0.3 is 4.74 Å². The molecule has 1 aromatic rings. The lowest BCUT2D eigenvalue weighted by Gasteiger charge is -2.07. The first kappa shape index (κ1) is 16.7. The number of ketones is 1. The Morgan fingerprint density at radius 1 is 1.00 bits per heavy atom. The van der Waals surface area contributed by atoms with Gasteiger partial charge in [0.25, 0.3) is 0 Å². The zero-order chi connectivity index (χ0) is 14.6. The van der Waals surface area contributed by atoms with Crippen molar-refractivity contribution in [1.82, 2.24) is 0 Å². The van der Waals surface area contributed by atoms with E-state index >= 15 is 0 Å². The van der Waals surface area contributed by atoms with Gasteiger partial charge in [0.05, 0.1) is 7.11 Å². The quantitative estimate of drug-likeness (QED) is 0.535. The highest BCUT2D eigenvalue weighted by atomic mass is 16.5. The number of para-hydroxylation sites is 1. The van der Waals surface area contributed by atoms with Crippen molar-refractivity contribution in [3.8, 4) is 5.75 Å². The van der Waals surface area contributed by atoms with Gasteiger partial charge >= 0.3 is 0 Å². The fourth-order valence-corrected chi connectivity index (χ4v) is 2.43. The molecular formula is C18H28O2. The van der Waals surface area contributed by atoms with E-state index < -0.39 is 0 Å². The Morgan fingerprint density at radius 2 is 1.65 bits per heavy atom. The first-order chi connectivity index (χ1) is 9.77. The highest BCUT2D eigenvalue weighted by molar-refractivity contribution is 5.81. The van der Waals surface area contributed by atoms with Crippen molar-refractivity contribution in [2.24, 2.45) is 0 Å². The van der Waals surface area contributed by atoms with Crippen molar-refractivity contribution in [3.05, 3.63) is 29.8 Å². The molecule has 20 heavy (non-hydrogen) atoms. The van der Waals surface area contributed by atoms with Gasteiger partial charge in [0.2, 0.25) is 0 Å². The Labute approximate surface area is 123 Å². The number of carbonyl (C=O) groups is 1. The van der Waals surface area contributed by atoms with E-state index in [0.29, 0.717) is 18.6 Å². The Hall–Kier alpha value is -1.31. The molecule has 2 nitrogen and oxygen atoms in total. The molecule has 0 aliphatic heterocycles. The minimum Gasteiger partial charge on any atom is -0.496 e. The number of carbonyl (C=O) groups excluding carboxylic acids is 1. The van der Waals surface area contributed by atoms with Gasteiger partial charge in [-0.3, -0.25) is 4.79 Å². The maximum absolute atomic E-state index is 12.0. The number of hydrogen-bond acceptors (Lipinski definition) is 2. The van der Waals surface area contributed by atoms with E-state index in [0.717, 1.165) is 17.7 Å². The Kier molecular flexibility index (Phi) is 8.77. The van der Waals surface area contributed by atoms with Crippen LogP contribution in [-0.4, -0.2) is 12.9 Å². The molecule has 0 saturated carbocycles. The molecular weight excluding hydrogens is 248 g/mol. The van der Waals surface area contributed by atoms with Gasteiger partial charge in [0.15, 0.2) is 0 Å². The molecule has 112 valence electrons. The van der Waals surface area contributed by atoms with Crippen LogP contribution in [0.2, 0.25) is 0 Å². The van der Waals surface area contributed by atoms with E-state index in [2.05, 4.69) is 6.92 Å².